The molecule has 1 saturated carbocycles. The van der Waals surface area contributed by atoms with Gasteiger partial charge in [-0.2, -0.15) is 0 Å². The first kappa shape index (κ1) is 16.8. The molecule has 2 rings (SSSR count). The second-order valence-corrected chi connectivity index (χ2v) is 7.48. The molecule has 0 aromatic heterocycles. The maximum atomic E-state index is 12.6. The average Bonchev–Trinajstić information content (AvgIpc) is 3.02. The number of hydrogen-bond donors (Lipinski definition) is 1. The zero-order valence-electron chi connectivity index (χ0n) is 14.2. The van der Waals surface area contributed by atoms with E-state index >= 15 is 0 Å². The summed E-state index contributed by atoms with van der Waals surface area (Å²) in [5.74, 6) is 1.92. The minimum atomic E-state index is 0.0743. The molecule has 1 amide bonds. The van der Waals surface area contributed by atoms with E-state index in [4.69, 9.17) is 0 Å². The summed E-state index contributed by atoms with van der Waals surface area (Å²) in [6.07, 6.45) is 11.6. The van der Waals surface area contributed by atoms with Crippen molar-refractivity contribution in [2.24, 2.45) is 11.8 Å². The molecule has 1 heterocycles. The quantitative estimate of drug-likeness (QED) is 0.735. The first-order valence-electron chi connectivity index (χ1n) is 9.18. The van der Waals surface area contributed by atoms with Crippen molar-refractivity contribution in [1.82, 2.24) is 10.2 Å². The monoisotopic (exact) mass is 294 g/mol. The van der Waals surface area contributed by atoms with E-state index in [0.717, 1.165) is 31.7 Å². The number of carbonyl (C=O) groups excluding carboxylic acids is 1. The minimum Gasteiger partial charge on any atom is -0.326 e. The van der Waals surface area contributed by atoms with E-state index in [9.17, 15) is 4.79 Å². The summed E-state index contributed by atoms with van der Waals surface area (Å²) in [7, 11) is 0. The van der Waals surface area contributed by atoms with Gasteiger partial charge in [0, 0.05) is 6.54 Å². The Bertz CT molecular complexity index is 323. The Labute approximate surface area is 130 Å². The summed E-state index contributed by atoms with van der Waals surface area (Å²) in [5.41, 5.74) is 0. The van der Waals surface area contributed by atoms with Gasteiger partial charge in [-0.15, -0.1) is 0 Å². The minimum absolute atomic E-state index is 0.0743. The van der Waals surface area contributed by atoms with Gasteiger partial charge in [-0.3, -0.25) is 10.1 Å². The van der Waals surface area contributed by atoms with Crippen molar-refractivity contribution in [2.75, 3.05) is 6.54 Å². The molecule has 21 heavy (non-hydrogen) atoms. The van der Waals surface area contributed by atoms with Crippen molar-refractivity contribution >= 4 is 5.91 Å². The van der Waals surface area contributed by atoms with Crippen molar-refractivity contribution in [3.05, 3.63) is 0 Å². The number of amides is 1. The zero-order chi connectivity index (χ0) is 15.2. The van der Waals surface area contributed by atoms with E-state index in [1.165, 1.54) is 38.5 Å². The van der Waals surface area contributed by atoms with Gasteiger partial charge in [0.15, 0.2) is 0 Å². The van der Waals surface area contributed by atoms with Gasteiger partial charge in [-0.05, 0) is 37.5 Å². The Kier molecular flexibility index (Phi) is 6.53. The van der Waals surface area contributed by atoms with Crippen LogP contribution in [0.25, 0.3) is 0 Å². The lowest BCUT2D eigenvalue weighted by Gasteiger charge is -2.26. The summed E-state index contributed by atoms with van der Waals surface area (Å²) < 4.78 is 0. The molecule has 2 fully saturated rings. The fraction of sp³-hybridized carbons (Fsp3) is 0.944. The van der Waals surface area contributed by atoms with Gasteiger partial charge in [-0.25, -0.2) is 0 Å². The van der Waals surface area contributed by atoms with Crippen LogP contribution in [0.1, 0.15) is 78.6 Å². The average molecular weight is 294 g/mol. The predicted molar refractivity (Wildman–Crippen MR) is 88.0 cm³/mol. The number of hydrogen-bond acceptors (Lipinski definition) is 2. The first-order chi connectivity index (χ1) is 10.1. The standard InChI is InChI=1S/C18H34N2O/c1-4-8-16-18(21)20(17(19-16)13-14(2)3)12-7-11-15-9-5-6-10-15/h14-17,19H,4-13H2,1-3H3. The molecule has 122 valence electrons. The summed E-state index contributed by atoms with van der Waals surface area (Å²) in [4.78, 5) is 14.7. The van der Waals surface area contributed by atoms with Gasteiger partial charge in [0.1, 0.15) is 0 Å². The molecule has 3 heteroatoms. The van der Waals surface area contributed by atoms with Crippen molar-refractivity contribution in [3.63, 3.8) is 0 Å². The van der Waals surface area contributed by atoms with E-state index in [0.29, 0.717) is 11.8 Å². The third-order valence-corrected chi connectivity index (χ3v) is 5.11. The lowest BCUT2D eigenvalue weighted by atomic mass is 10.0. The number of nitrogens with zero attached hydrogens (tertiary/aromatic N) is 1. The summed E-state index contributed by atoms with van der Waals surface area (Å²) in [6.45, 7) is 7.61. The van der Waals surface area contributed by atoms with Crippen LogP contribution in [0.3, 0.4) is 0 Å². The van der Waals surface area contributed by atoms with Gasteiger partial charge < -0.3 is 4.90 Å². The maximum Gasteiger partial charge on any atom is 0.241 e. The summed E-state index contributed by atoms with van der Waals surface area (Å²) in [6, 6.07) is 0.0743. The molecule has 2 atom stereocenters. The molecular formula is C18H34N2O. The Morgan fingerprint density at radius 2 is 1.95 bits per heavy atom. The highest BCUT2D eigenvalue weighted by molar-refractivity contribution is 5.84. The van der Waals surface area contributed by atoms with Crippen LogP contribution in [0.15, 0.2) is 0 Å². The van der Waals surface area contributed by atoms with Gasteiger partial charge in [0.2, 0.25) is 5.91 Å². The fourth-order valence-corrected chi connectivity index (χ4v) is 4.00. The number of rotatable bonds is 8. The highest BCUT2D eigenvalue weighted by Crippen LogP contribution is 2.29. The van der Waals surface area contributed by atoms with E-state index < -0.39 is 0 Å². The van der Waals surface area contributed by atoms with Crippen LogP contribution < -0.4 is 5.32 Å². The van der Waals surface area contributed by atoms with E-state index in [1.807, 2.05) is 0 Å². The summed E-state index contributed by atoms with van der Waals surface area (Å²) >= 11 is 0. The first-order valence-corrected chi connectivity index (χ1v) is 9.18. The predicted octanol–water partition coefficient (Wildman–Crippen LogP) is 3.93. The van der Waals surface area contributed by atoms with Gasteiger partial charge >= 0.3 is 0 Å². The second-order valence-electron chi connectivity index (χ2n) is 7.48. The molecule has 0 bridgehead atoms. The summed E-state index contributed by atoms with van der Waals surface area (Å²) in [5, 5.41) is 3.58. The van der Waals surface area contributed by atoms with E-state index in [-0.39, 0.29) is 12.2 Å². The Hall–Kier alpha value is -0.570. The highest BCUT2D eigenvalue weighted by atomic mass is 16.2. The van der Waals surface area contributed by atoms with Crippen LogP contribution in [0, 0.1) is 11.8 Å². The smallest absolute Gasteiger partial charge is 0.241 e. The molecule has 1 aliphatic heterocycles. The lowest BCUT2D eigenvalue weighted by Crippen LogP contribution is -2.39. The zero-order valence-corrected chi connectivity index (χ0v) is 14.2. The second kappa shape index (κ2) is 8.17. The number of carbonyl (C=O) groups is 1. The molecule has 1 saturated heterocycles. The van der Waals surface area contributed by atoms with Gasteiger partial charge in [-0.1, -0.05) is 52.9 Å². The van der Waals surface area contributed by atoms with E-state index in [2.05, 4.69) is 31.0 Å². The SMILES string of the molecule is CCCC1NC(CC(C)C)N(CCCC2CCCC2)C1=O. The molecule has 3 nitrogen and oxygen atoms in total. The van der Waals surface area contributed by atoms with Crippen molar-refractivity contribution in [1.29, 1.82) is 0 Å². The molecule has 1 N–H and O–H groups in total. The molecule has 0 aromatic rings. The highest BCUT2D eigenvalue weighted by Gasteiger charge is 2.37. The van der Waals surface area contributed by atoms with E-state index in [1.54, 1.807) is 0 Å². The Balaban J connectivity index is 1.84. The fourth-order valence-electron chi connectivity index (χ4n) is 4.00. The third-order valence-electron chi connectivity index (χ3n) is 5.11. The van der Waals surface area contributed by atoms with Crippen molar-refractivity contribution in [2.45, 2.75) is 90.8 Å². The van der Waals surface area contributed by atoms with Crippen molar-refractivity contribution < 1.29 is 4.79 Å². The number of nitrogens with one attached hydrogen (secondary N) is 1. The molecule has 0 aromatic carbocycles. The topological polar surface area (TPSA) is 32.3 Å². The molecule has 2 unspecified atom stereocenters. The van der Waals surface area contributed by atoms with Gasteiger partial charge in [0.05, 0.1) is 12.2 Å². The van der Waals surface area contributed by atoms with Crippen LogP contribution in [0.4, 0.5) is 0 Å². The molecule has 2 aliphatic rings. The van der Waals surface area contributed by atoms with Crippen LogP contribution in [0.5, 0.6) is 0 Å². The van der Waals surface area contributed by atoms with Crippen LogP contribution in [0.2, 0.25) is 0 Å². The lowest BCUT2D eigenvalue weighted by molar-refractivity contribution is -0.130. The largest absolute Gasteiger partial charge is 0.326 e. The third kappa shape index (κ3) is 4.70. The van der Waals surface area contributed by atoms with Crippen LogP contribution in [-0.4, -0.2) is 29.6 Å². The molecule has 1 aliphatic carbocycles. The van der Waals surface area contributed by atoms with Gasteiger partial charge in [0.25, 0.3) is 0 Å². The molecule has 0 radical (unpaired) electrons. The van der Waals surface area contributed by atoms with Crippen molar-refractivity contribution in [3.8, 4) is 0 Å². The normalized spacial score (nSPS) is 27.2. The maximum absolute atomic E-state index is 12.6. The Morgan fingerprint density at radius 3 is 2.57 bits per heavy atom. The van der Waals surface area contributed by atoms with Crippen LogP contribution >= 0.6 is 0 Å². The Morgan fingerprint density at radius 1 is 1.24 bits per heavy atom. The molecule has 0 spiro atoms. The molecular weight excluding hydrogens is 260 g/mol. The van der Waals surface area contributed by atoms with Crippen LogP contribution in [-0.2, 0) is 4.79 Å².